The number of aromatic nitrogens is 3. The maximum atomic E-state index is 12.6. The highest BCUT2D eigenvalue weighted by molar-refractivity contribution is 5.91. The Balaban J connectivity index is 2.18. The fourth-order valence-corrected chi connectivity index (χ4v) is 2.89. The van der Waals surface area contributed by atoms with Gasteiger partial charge in [-0.15, -0.1) is 0 Å². The molecule has 1 aromatic carbocycles. The summed E-state index contributed by atoms with van der Waals surface area (Å²) < 4.78 is 1.48. The van der Waals surface area contributed by atoms with E-state index in [4.69, 9.17) is 4.98 Å². The maximum absolute atomic E-state index is 12.6. The molecule has 0 bridgehead atoms. The number of hydrogen-bond acceptors (Lipinski definition) is 4. The second-order valence-electron chi connectivity index (χ2n) is 8.04. The SMILES string of the molecule is CC(C)Nc1nc(-c2ccc(C(C)(C)C)cc2)cc2ncn(C)c(=O)c12. The highest BCUT2D eigenvalue weighted by Crippen LogP contribution is 2.28. The molecule has 0 spiro atoms. The van der Waals surface area contributed by atoms with Crippen LogP contribution in [0, 0.1) is 0 Å². The van der Waals surface area contributed by atoms with E-state index in [0.29, 0.717) is 16.7 Å². The summed E-state index contributed by atoms with van der Waals surface area (Å²) in [6.07, 6.45) is 1.55. The van der Waals surface area contributed by atoms with Crippen LogP contribution in [0.1, 0.15) is 40.2 Å². The zero-order valence-electron chi connectivity index (χ0n) is 16.3. The van der Waals surface area contributed by atoms with Gasteiger partial charge in [-0.1, -0.05) is 45.0 Å². The number of pyridine rings is 1. The molecule has 26 heavy (non-hydrogen) atoms. The van der Waals surface area contributed by atoms with E-state index in [1.165, 1.54) is 10.1 Å². The van der Waals surface area contributed by atoms with Gasteiger partial charge in [0.1, 0.15) is 11.2 Å². The van der Waals surface area contributed by atoms with Gasteiger partial charge in [0.2, 0.25) is 0 Å². The third-order valence-corrected chi connectivity index (χ3v) is 4.37. The van der Waals surface area contributed by atoms with Crippen molar-refractivity contribution in [2.24, 2.45) is 7.05 Å². The third-order valence-electron chi connectivity index (χ3n) is 4.37. The van der Waals surface area contributed by atoms with Gasteiger partial charge in [-0.3, -0.25) is 4.79 Å². The lowest BCUT2D eigenvalue weighted by Gasteiger charge is -2.19. The van der Waals surface area contributed by atoms with Gasteiger partial charge in [0.05, 0.1) is 17.5 Å². The number of aryl methyl sites for hydroxylation is 1. The minimum atomic E-state index is -0.0970. The first-order chi connectivity index (χ1) is 12.2. The van der Waals surface area contributed by atoms with Gasteiger partial charge >= 0.3 is 0 Å². The summed E-state index contributed by atoms with van der Waals surface area (Å²) in [6, 6.07) is 10.5. The van der Waals surface area contributed by atoms with Crippen LogP contribution in [0.4, 0.5) is 5.82 Å². The average molecular weight is 350 g/mol. The number of rotatable bonds is 3. The maximum Gasteiger partial charge on any atom is 0.264 e. The molecule has 1 N–H and O–H groups in total. The standard InChI is InChI=1S/C21H26N4O/c1-13(2)23-19-18-17(22-12-25(6)20(18)26)11-16(24-19)14-7-9-15(10-8-14)21(3,4)5/h7-13H,1-6H3,(H,23,24). The molecule has 2 aromatic heterocycles. The summed E-state index contributed by atoms with van der Waals surface area (Å²) in [6.45, 7) is 10.6. The van der Waals surface area contributed by atoms with Crippen LogP contribution in [-0.4, -0.2) is 20.6 Å². The van der Waals surface area contributed by atoms with E-state index < -0.39 is 0 Å². The van der Waals surface area contributed by atoms with Crippen molar-refractivity contribution >= 4 is 16.7 Å². The van der Waals surface area contributed by atoms with Crippen LogP contribution < -0.4 is 10.9 Å². The Morgan fingerprint density at radius 1 is 1.12 bits per heavy atom. The topological polar surface area (TPSA) is 59.8 Å². The predicted octanol–water partition coefficient (Wildman–Crippen LogP) is 4.11. The summed E-state index contributed by atoms with van der Waals surface area (Å²) in [4.78, 5) is 21.8. The van der Waals surface area contributed by atoms with E-state index in [1.807, 2.05) is 19.9 Å². The largest absolute Gasteiger partial charge is 0.367 e. The van der Waals surface area contributed by atoms with Crippen LogP contribution in [-0.2, 0) is 12.5 Å². The number of fused-ring (bicyclic) bond motifs is 1. The van der Waals surface area contributed by atoms with Crippen LogP contribution in [0.3, 0.4) is 0 Å². The van der Waals surface area contributed by atoms with Crippen molar-refractivity contribution in [2.45, 2.75) is 46.1 Å². The summed E-state index contributed by atoms with van der Waals surface area (Å²) in [5.74, 6) is 0.584. The first-order valence-electron chi connectivity index (χ1n) is 8.90. The minimum absolute atomic E-state index is 0.0970. The molecule has 0 atom stereocenters. The monoisotopic (exact) mass is 350 g/mol. The molecule has 0 aliphatic carbocycles. The molecule has 0 saturated heterocycles. The van der Waals surface area contributed by atoms with Gasteiger partial charge < -0.3 is 9.88 Å². The molecule has 0 aliphatic rings. The molecule has 0 amide bonds. The van der Waals surface area contributed by atoms with Crippen LogP contribution in [0.2, 0.25) is 0 Å². The summed E-state index contributed by atoms with van der Waals surface area (Å²) in [7, 11) is 1.70. The molecule has 5 heteroatoms. The van der Waals surface area contributed by atoms with Crippen molar-refractivity contribution < 1.29 is 0 Å². The number of hydrogen-bond donors (Lipinski definition) is 1. The highest BCUT2D eigenvalue weighted by atomic mass is 16.1. The summed E-state index contributed by atoms with van der Waals surface area (Å²) in [5.41, 5.74) is 3.75. The first kappa shape index (κ1) is 18.1. The second-order valence-corrected chi connectivity index (χ2v) is 8.04. The zero-order chi connectivity index (χ0) is 19.1. The molecule has 0 saturated carbocycles. The lowest BCUT2D eigenvalue weighted by molar-refractivity contribution is 0.590. The molecular weight excluding hydrogens is 324 g/mol. The van der Waals surface area contributed by atoms with Crippen molar-refractivity contribution in [3.05, 3.63) is 52.6 Å². The Bertz CT molecular complexity index is 995. The van der Waals surface area contributed by atoms with Gasteiger partial charge in [-0.05, 0) is 30.9 Å². The number of nitrogens with zero attached hydrogens (tertiary/aromatic N) is 3. The smallest absolute Gasteiger partial charge is 0.264 e. The Morgan fingerprint density at radius 3 is 2.35 bits per heavy atom. The van der Waals surface area contributed by atoms with E-state index in [1.54, 1.807) is 13.4 Å². The molecule has 5 nitrogen and oxygen atoms in total. The highest BCUT2D eigenvalue weighted by Gasteiger charge is 2.16. The fourth-order valence-electron chi connectivity index (χ4n) is 2.89. The molecule has 3 aromatic rings. The molecular formula is C21H26N4O. The molecule has 2 heterocycles. The Hall–Kier alpha value is -2.69. The molecule has 0 fully saturated rings. The van der Waals surface area contributed by atoms with Gasteiger partial charge in [-0.25, -0.2) is 9.97 Å². The van der Waals surface area contributed by atoms with Crippen LogP contribution in [0.15, 0.2) is 41.5 Å². The van der Waals surface area contributed by atoms with E-state index in [-0.39, 0.29) is 17.0 Å². The first-order valence-corrected chi connectivity index (χ1v) is 8.90. The van der Waals surface area contributed by atoms with E-state index in [9.17, 15) is 4.79 Å². The summed E-state index contributed by atoms with van der Waals surface area (Å²) in [5, 5.41) is 3.82. The van der Waals surface area contributed by atoms with Crippen molar-refractivity contribution in [3.63, 3.8) is 0 Å². The number of anilines is 1. The van der Waals surface area contributed by atoms with Crippen molar-refractivity contribution in [1.29, 1.82) is 0 Å². The van der Waals surface area contributed by atoms with Crippen molar-refractivity contribution in [1.82, 2.24) is 14.5 Å². The van der Waals surface area contributed by atoms with Gasteiger partial charge in [0, 0.05) is 18.7 Å². The molecule has 0 radical (unpaired) electrons. The fraction of sp³-hybridized carbons (Fsp3) is 0.381. The Morgan fingerprint density at radius 2 is 1.77 bits per heavy atom. The number of nitrogens with one attached hydrogen (secondary N) is 1. The van der Waals surface area contributed by atoms with E-state index in [2.05, 4.69) is 55.3 Å². The third kappa shape index (κ3) is 3.47. The lowest BCUT2D eigenvalue weighted by atomic mass is 9.86. The van der Waals surface area contributed by atoms with E-state index in [0.717, 1.165) is 11.3 Å². The molecule has 3 rings (SSSR count). The minimum Gasteiger partial charge on any atom is -0.367 e. The van der Waals surface area contributed by atoms with Gasteiger partial charge in [-0.2, -0.15) is 0 Å². The van der Waals surface area contributed by atoms with Gasteiger partial charge in [0.25, 0.3) is 5.56 Å². The molecule has 0 aliphatic heterocycles. The van der Waals surface area contributed by atoms with Crippen molar-refractivity contribution in [3.8, 4) is 11.3 Å². The molecule has 136 valence electrons. The van der Waals surface area contributed by atoms with Crippen LogP contribution in [0.25, 0.3) is 22.2 Å². The van der Waals surface area contributed by atoms with Crippen LogP contribution >= 0.6 is 0 Å². The summed E-state index contributed by atoms with van der Waals surface area (Å²) >= 11 is 0. The quantitative estimate of drug-likeness (QED) is 0.772. The second kappa shape index (κ2) is 6.56. The van der Waals surface area contributed by atoms with Crippen molar-refractivity contribution in [2.75, 3.05) is 5.32 Å². The molecule has 0 unspecified atom stereocenters. The zero-order valence-corrected chi connectivity index (χ0v) is 16.3. The van der Waals surface area contributed by atoms with Crippen LogP contribution in [0.5, 0.6) is 0 Å². The van der Waals surface area contributed by atoms with E-state index >= 15 is 0 Å². The number of benzene rings is 1. The predicted molar refractivity (Wildman–Crippen MR) is 108 cm³/mol. The Kier molecular flexibility index (Phi) is 4.57. The normalized spacial score (nSPS) is 12.0. The Labute approximate surface area is 154 Å². The van der Waals surface area contributed by atoms with Gasteiger partial charge in [0.15, 0.2) is 0 Å². The average Bonchev–Trinajstić information content (AvgIpc) is 2.56. The lowest BCUT2D eigenvalue weighted by Crippen LogP contribution is -2.21.